The molecule has 10 nitrogen and oxygen atoms in total. The molecule has 0 aliphatic rings. The lowest BCUT2D eigenvalue weighted by Crippen LogP contribution is -2.31. The average Bonchev–Trinajstić information content (AvgIpc) is 2.71. The van der Waals surface area contributed by atoms with E-state index < -0.39 is 34.3 Å². The predicted octanol–water partition coefficient (Wildman–Crippen LogP) is -2.72. The second-order valence-electron chi connectivity index (χ2n) is 8.28. The maximum Gasteiger partial charge on any atom is 0.303 e. The van der Waals surface area contributed by atoms with Crippen molar-refractivity contribution >= 4 is 21.7 Å². The summed E-state index contributed by atoms with van der Waals surface area (Å²) >= 11 is 0. The summed E-state index contributed by atoms with van der Waals surface area (Å²) in [4.78, 5) is 10.5. The van der Waals surface area contributed by atoms with E-state index in [9.17, 15) is 45.6 Å². The number of carboxylic acids is 1. The SMILES string of the molecule is BC(O)(/C=C\CC)/C=C\C(O)(O)/C=C\C(O)(O)/C=C\C(O)(O)/C=C\C(B)(O)/C=C\CCC(=O)O. The molecule has 0 bridgehead atoms. The highest BCUT2D eigenvalue weighted by molar-refractivity contribution is 6.17. The maximum atomic E-state index is 10.5. The number of carbonyl (C=O) groups is 1. The van der Waals surface area contributed by atoms with Gasteiger partial charge in [-0.2, -0.15) is 0 Å². The van der Waals surface area contributed by atoms with Crippen LogP contribution in [0.5, 0.6) is 0 Å². The molecule has 2 unspecified atom stereocenters. The fourth-order valence-electron chi connectivity index (χ4n) is 2.24. The third-order valence-electron chi connectivity index (χ3n) is 4.15. The minimum atomic E-state index is -2.82. The zero-order valence-electron chi connectivity index (χ0n) is 19.5. The van der Waals surface area contributed by atoms with E-state index in [0.29, 0.717) is 30.7 Å². The van der Waals surface area contributed by atoms with Gasteiger partial charge in [0, 0.05) is 6.42 Å². The van der Waals surface area contributed by atoms with Gasteiger partial charge in [-0.15, -0.1) is 0 Å². The fraction of sp³-hybridized carbons (Fsp3) is 0.409. The Bertz CT molecular complexity index is 835. The van der Waals surface area contributed by atoms with Crippen LogP contribution in [0.3, 0.4) is 0 Å². The molecule has 0 aliphatic heterocycles. The largest absolute Gasteiger partial charge is 0.481 e. The Morgan fingerprint density at radius 2 is 0.941 bits per heavy atom. The molecule has 12 heteroatoms. The lowest BCUT2D eigenvalue weighted by molar-refractivity contribution is -0.136. The summed E-state index contributed by atoms with van der Waals surface area (Å²) in [5.41, 5.74) is -3.12. The predicted molar refractivity (Wildman–Crippen MR) is 130 cm³/mol. The Labute approximate surface area is 200 Å². The lowest BCUT2D eigenvalue weighted by atomic mass is 9.80. The van der Waals surface area contributed by atoms with Crippen molar-refractivity contribution in [1.82, 2.24) is 0 Å². The van der Waals surface area contributed by atoms with E-state index in [1.165, 1.54) is 33.9 Å². The van der Waals surface area contributed by atoms with Gasteiger partial charge < -0.3 is 46.0 Å². The maximum absolute atomic E-state index is 10.5. The Morgan fingerprint density at radius 1 is 0.618 bits per heavy atom. The van der Waals surface area contributed by atoms with Crippen LogP contribution in [0.4, 0.5) is 0 Å². The van der Waals surface area contributed by atoms with Crippen molar-refractivity contribution in [2.75, 3.05) is 0 Å². The number of hydrogen-bond donors (Lipinski definition) is 9. The van der Waals surface area contributed by atoms with Crippen LogP contribution in [-0.2, 0) is 4.79 Å². The third-order valence-corrected chi connectivity index (χ3v) is 4.15. The smallest absolute Gasteiger partial charge is 0.303 e. The minimum Gasteiger partial charge on any atom is -0.481 e. The van der Waals surface area contributed by atoms with E-state index >= 15 is 0 Å². The molecule has 0 spiro atoms. The van der Waals surface area contributed by atoms with Crippen LogP contribution in [0.25, 0.3) is 0 Å². The minimum absolute atomic E-state index is 0.139. The second-order valence-corrected chi connectivity index (χ2v) is 8.28. The van der Waals surface area contributed by atoms with E-state index in [-0.39, 0.29) is 12.8 Å². The molecule has 0 saturated heterocycles. The van der Waals surface area contributed by atoms with E-state index in [1.807, 2.05) is 6.92 Å². The average molecular weight is 480 g/mol. The van der Waals surface area contributed by atoms with Crippen LogP contribution >= 0.6 is 0 Å². The van der Waals surface area contributed by atoms with Crippen LogP contribution in [0.1, 0.15) is 26.2 Å². The molecule has 0 aliphatic carbocycles. The van der Waals surface area contributed by atoms with Crippen molar-refractivity contribution in [2.45, 2.75) is 54.5 Å². The Balaban J connectivity index is 5.26. The molecule has 0 aromatic heterocycles. The first kappa shape index (κ1) is 31.7. The topological polar surface area (TPSA) is 199 Å². The second kappa shape index (κ2) is 13.0. The number of carboxylic acid groups (broad SMARTS) is 1. The van der Waals surface area contributed by atoms with Crippen molar-refractivity contribution in [3.63, 3.8) is 0 Å². The summed E-state index contributed by atoms with van der Waals surface area (Å²) in [5.74, 6) is -9.20. The van der Waals surface area contributed by atoms with Gasteiger partial charge in [0.15, 0.2) is 15.7 Å². The number of rotatable bonds is 14. The molecular weight excluding hydrogens is 446 g/mol. The zero-order valence-corrected chi connectivity index (χ0v) is 19.5. The highest BCUT2D eigenvalue weighted by Gasteiger charge is 2.24. The highest BCUT2D eigenvalue weighted by Crippen LogP contribution is 2.16. The van der Waals surface area contributed by atoms with Crippen LogP contribution in [-0.4, -0.2) is 96.0 Å². The van der Waals surface area contributed by atoms with E-state index in [1.54, 1.807) is 6.08 Å². The summed E-state index contributed by atoms with van der Waals surface area (Å²) in [6, 6.07) is 0. The molecule has 0 heterocycles. The molecule has 0 saturated carbocycles. The van der Waals surface area contributed by atoms with Crippen LogP contribution in [0.2, 0.25) is 0 Å². The summed E-state index contributed by atoms with van der Waals surface area (Å²) < 4.78 is 0. The van der Waals surface area contributed by atoms with Gasteiger partial charge in [-0.05, 0) is 49.3 Å². The van der Waals surface area contributed by atoms with Crippen LogP contribution in [0.15, 0.2) is 72.9 Å². The summed E-state index contributed by atoms with van der Waals surface area (Å²) in [7, 11) is 2.70. The monoisotopic (exact) mass is 480 g/mol. The van der Waals surface area contributed by atoms with Crippen molar-refractivity contribution in [1.29, 1.82) is 0 Å². The molecule has 0 fully saturated rings. The van der Waals surface area contributed by atoms with Gasteiger partial charge in [0.25, 0.3) is 0 Å². The van der Waals surface area contributed by atoms with E-state index in [2.05, 4.69) is 0 Å². The van der Waals surface area contributed by atoms with Crippen molar-refractivity contribution in [3.05, 3.63) is 72.9 Å². The molecule has 0 amide bonds. The highest BCUT2D eigenvalue weighted by atomic mass is 16.5. The first-order chi connectivity index (χ1) is 15.3. The van der Waals surface area contributed by atoms with Gasteiger partial charge in [-0.25, -0.2) is 0 Å². The Morgan fingerprint density at radius 3 is 1.26 bits per heavy atom. The molecule has 188 valence electrons. The Hall–Kier alpha value is -2.28. The molecular formula is C22H34B2O10. The van der Waals surface area contributed by atoms with Gasteiger partial charge in [-0.3, -0.25) is 4.79 Å². The summed E-state index contributed by atoms with van der Waals surface area (Å²) in [5, 5.41) is 88.3. The Kier molecular flexibility index (Phi) is 12.1. The first-order valence-electron chi connectivity index (χ1n) is 10.5. The first-order valence-corrected chi connectivity index (χ1v) is 10.5. The van der Waals surface area contributed by atoms with Crippen molar-refractivity contribution in [3.8, 4) is 0 Å². The van der Waals surface area contributed by atoms with Gasteiger partial charge >= 0.3 is 5.97 Å². The van der Waals surface area contributed by atoms with Crippen LogP contribution < -0.4 is 0 Å². The number of aliphatic carboxylic acids is 1. The molecule has 2 atom stereocenters. The molecule has 0 aromatic rings. The zero-order chi connectivity index (χ0) is 26.7. The van der Waals surface area contributed by atoms with E-state index in [0.717, 1.165) is 24.3 Å². The lowest BCUT2D eigenvalue weighted by Gasteiger charge is -2.21. The van der Waals surface area contributed by atoms with Crippen molar-refractivity contribution in [2.24, 2.45) is 0 Å². The normalized spacial score (nSPS) is 18.1. The van der Waals surface area contributed by atoms with Gasteiger partial charge in [-0.1, -0.05) is 43.4 Å². The van der Waals surface area contributed by atoms with Crippen molar-refractivity contribution < 1.29 is 50.8 Å². The van der Waals surface area contributed by atoms with Gasteiger partial charge in [0.05, 0.1) is 11.0 Å². The van der Waals surface area contributed by atoms with E-state index in [4.69, 9.17) is 5.11 Å². The fourth-order valence-corrected chi connectivity index (χ4v) is 2.24. The molecule has 0 aromatic carbocycles. The molecule has 0 rings (SSSR count). The van der Waals surface area contributed by atoms with Gasteiger partial charge in [0.1, 0.15) is 0 Å². The summed E-state index contributed by atoms with van der Waals surface area (Å²) in [6.07, 6.45) is 12.4. The quantitative estimate of drug-likeness (QED) is 0.0716. The number of aliphatic hydroxyl groups is 8. The molecule has 0 radical (unpaired) electrons. The van der Waals surface area contributed by atoms with Crippen LogP contribution in [0, 0.1) is 0 Å². The molecule has 9 N–H and O–H groups in total. The van der Waals surface area contributed by atoms with Gasteiger partial charge in [0.2, 0.25) is 17.4 Å². The number of hydrogen-bond acceptors (Lipinski definition) is 9. The summed E-state index contributed by atoms with van der Waals surface area (Å²) in [6.45, 7) is 1.85. The third kappa shape index (κ3) is 16.4. The number of allylic oxidation sites excluding steroid dienone is 2. The molecule has 34 heavy (non-hydrogen) atoms. The standard InChI is InChI=1S/C22H34B2O10/c1-2-3-7-18(23,27)9-11-20(29,30)13-15-22(33,34)16-14-21(31,32)12-10-19(24,28)8-5-4-6-17(25)26/h3,5,7-16,27-34H,2,4,6,23-24H2,1H3,(H,25,26)/b7-3-,8-5-,11-9-,12-10-,15-13-,16-14-.